The van der Waals surface area contributed by atoms with Gasteiger partial charge in [0.25, 0.3) is 0 Å². The number of pyridine rings is 1. The minimum absolute atomic E-state index is 0.00989. The Bertz CT molecular complexity index is 807. The van der Waals surface area contributed by atoms with Crippen LogP contribution in [0.4, 0.5) is 5.69 Å². The number of amides is 2. The summed E-state index contributed by atoms with van der Waals surface area (Å²) in [6, 6.07) is 12.6. The van der Waals surface area contributed by atoms with Crippen LogP contribution in [0.5, 0.6) is 5.88 Å². The van der Waals surface area contributed by atoms with Crippen LogP contribution in [-0.2, 0) is 9.59 Å². The van der Waals surface area contributed by atoms with Crippen molar-refractivity contribution in [1.29, 1.82) is 0 Å². The number of benzene rings is 1. The summed E-state index contributed by atoms with van der Waals surface area (Å²) >= 11 is 5.89. The smallest absolute Gasteiger partial charge is 0.228 e. The first-order valence-corrected chi connectivity index (χ1v) is 8.90. The molecule has 0 aliphatic carbocycles. The van der Waals surface area contributed by atoms with Gasteiger partial charge in [0.1, 0.15) is 6.10 Å². The number of anilines is 1. The van der Waals surface area contributed by atoms with Gasteiger partial charge in [0.05, 0.1) is 19.0 Å². The van der Waals surface area contributed by atoms with Crippen molar-refractivity contribution in [2.24, 2.45) is 5.92 Å². The van der Waals surface area contributed by atoms with Crippen molar-refractivity contribution < 1.29 is 14.3 Å². The van der Waals surface area contributed by atoms with Gasteiger partial charge in [-0.05, 0) is 30.3 Å². The standard InChI is InChI=1S/C19H18ClN3O3/c20-14-4-6-15(7-5-14)23-10-13(9-18(23)24)19(25)22-11-16(12-22)26-17-3-1-2-8-21-17/h1-8,13,16H,9-12H2. The largest absolute Gasteiger partial charge is 0.471 e. The molecule has 2 aliphatic heterocycles. The second kappa shape index (κ2) is 6.96. The second-order valence-corrected chi connectivity index (χ2v) is 6.97. The summed E-state index contributed by atoms with van der Waals surface area (Å²) in [5.41, 5.74) is 0.773. The molecule has 1 aromatic carbocycles. The van der Waals surface area contributed by atoms with Crippen LogP contribution < -0.4 is 9.64 Å². The maximum absolute atomic E-state index is 12.7. The Hall–Kier alpha value is -2.60. The Labute approximate surface area is 156 Å². The van der Waals surface area contributed by atoms with Gasteiger partial charge in [0.15, 0.2) is 0 Å². The van der Waals surface area contributed by atoms with Gasteiger partial charge in [-0.3, -0.25) is 9.59 Å². The lowest BCUT2D eigenvalue weighted by atomic mass is 10.0. The van der Waals surface area contributed by atoms with Gasteiger partial charge >= 0.3 is 0 Å². The van der Waals surface area contributed by atoms with E-state index in [1.54, 1.807) is 46.3 Å². The van der Waals surface area contributed by atoms with Crippen molar-refractivity contribution in [2.75, 3.05) is 24.5 Å². The van der Waals surface area contributed by atoms with E-state index in [1.807, 2.05) is 12.1 Å². The monoisotopic (exact) mass is 371 g/mol. The SMILES string of the molecule is O=C(C1CC(=O)N(c2ccc(Cl)cc2)C1)N1CC(Oc2ccccn2)C1. The summed E-state index contributed by atoms with van der Waals surface area (Å²) in [5.74, 6) is 0.228. The average molecular weight is 372 g/mol. The number of hydrogen-bond donors (Lipinski definition) is 0. The fraction of sp³-hybridized carbons (Fsp3) is 0.316. The molecule has 1 unspecified atom stereocenters. The zero-order valence-corrected chi connectivity index (χ0v) is 14.8. The minimum Gasteiger partial charge on any atom is -0.471 e. The molecule has 2 aromatic rings. The van der Waals surface area contributed by atoms with Crippen molar-refractivity contribution in [3.8, 4) is 5.88 Å². The molecule has 2 amide bonds. The molecule has 3 heterocycles. The third-order valence-corrected chi connectivity index (χ3v) is 4.95. The molecular formula is C19H18ClN3O3. The van der Waals surface area contributed by atoms with Gasteiger partial charge in [-0.25, -0.2) is 4.98 Å². The average Bonchev–Trinajstić information content (AvgIpc) is 3.01. The molecule has 26 heavy (non-hydrogen) atoms. The third-order valence-electron chi connectivity index (χ3n) is 4.70. The summed E-state index contributed by atoms with van der Waals surface area (Å²) in [7, 11) is 0. The summed E-state index contributed by atoms with van der Waals surface area (Å²) in [4.78, 5) is 32.5. The van der Waals surface area contributed by atoms with Gasteiger partial charge in [-0.15, -0.1) is 0 Å². The molecule has 0 spiro atoms. The highest BCUT2D eigenvalue weighted by Crippen LogP contribution is 2.28. The molecule has 1 atom stereocenters. The predicted octanol–water partition coefficient (Wildman–Crippen LogP) is 2.38. The zero-order chi connectivity index (χ0) is 18.1. The first-order chi connectivity index (χ1) is 12.6. The molecule has 0 radical (unpaired) electrons. The van der Waals surface area contributed by atoms with Crippen LogP contribution in [0.2, 0.25) is 5.02 Å². The normalized spacial score (nSPS) is 20.2. The van der Waals surface area contributed by atoms with E-state index in [-0.39, 0.29) is 30.3 Å². The number of carbonyl (C=O) groups is 2. The molecule has 1 aromatic heterocycles. The number of carbonyl (C=O) groups excluding carboxylic acids is 2. The van der Waals surface area contributed by atoms with Crippen LogP contribution in [0, 0.1) is 5.92 Å². The topological polar surface area (TPSA) is 62.7 Å². The van der Waals surface area contributed by atoms with E-state index in [2.05, 4.69) is 4.98 Å². The summed E-state index contributed by atoms with van der Waals surface area (Å²) in [6.07, 6.45) is 1.87. The van der Waals surface area contributed by atoms with Crippen LogP contribution in [-0.4, -0.2) is 47.4 Å². The molecule has 6 nitrogen and oxygen atoms in total. The Morgan fingerprint density at radius 1 is 1.12 bits per heavy atom. The summed E-state index contributed by atoms with van der Waals surface area (Å²) < 4.78 is 5.72. The first kappa shape index (κ1) is 16.8. The molecule has 2 fully saturated rings. The lowest BCUT2D eigenvalue weighted by Gasteiger charge is -2.39. The highest BCUT2D eigenvalue weighted by molar-refractivity contribution is 6.30. The van der Waals surface area contributed by atoms with Crippen LogP contribution in [0.15, 0.2) is 48.7 Å². The fourth-order valence-electron chi connectivity index (χ4n) is 3.28. The van der Waals surface area contributed by atoms with Gasteiger partial charge in [-0.1, -0.05) is 17.7 Å². The summed E-state index contributed by atoms with van der Waals surface area (Å²) in [5, 5.41) is 0.618. The first-order valence-electron chi connectivity index (χ1n) is 8.52. The molecule has 0 saturated carbocycles. The maximum Gasteiger partial charge on any atom is 0.228 e. The molecule has 4 rings (SSSR count). The highest BCUT2D eigenvalue weighted by atomic mass is 35.5. The van der Waals surface area contributed by atoms with Crippen molar-refractivity contribution in [2.45, 2.75) is 12.5 Å². The number of nitrogens with zero attached hydrogens (tertiary/aromatic N) is 3. The van der Waals surface area contributed by atoms with E-state index in [4.69, 9.17) is 16.3 Å². The van der Waals surface area contributed by atoms with E-state index in [0.717, 1.165) is 5.69 Å². The van der Waals surface area contributed by atoms with Crippen molar-refractivity contribution in [1.82, 2.24) is 9.88 Å². The summed E-state index contributed by atoms with van der Waals surface area (Å²) in [6.45, 7) is 1.46. The Morgan fingerprint density at radius 2 is 1.88 bits per heavy atom. The van der Waals surface area contributed by atoms with Gasteiger partial charge in [0.2, 0.25) is 17.7 Å². The van der Waals surface area contributed by atoms with Gasteiger partial charge in [0, 0.05) is 35.9 Å². The van der Waals surface area contributed by atoms with E-state index >= 15 is 0 Å². The van der Waals surface area contributed by atoms with Crippen molar-refractivity contribution in [3.63, 3.8) is 0 Å². The van der Waals surface area contributed by atoms with E-state index in [9.17, 15) is 9.59 Å². The minimum atomic E-state index is -0.311. The van der Waals surface area contributed by atoms with Gasteiger partial charge < -0.3 is 14.5 Å². The van der Waals surface area contributed by atoms with E-state index in [0.29, 0.717) is 30.5 Å². The van der Waals surface area contributed by atoms with Crippen LogP contribution in [0.1, 0.15) is 6.42 Å². The molecule has 2 aliphatic rings. The Morgan fingerprint density at radius 3 is 2.58 bits per heavy atom. The molecule has 0 N–H and O–H groups in total. The van der Waals surface area contributed by atoms with E-state index in [1.165, 1.54) is 0 Å². The van der Waals surface area contributed by atoms with Gasteiger partial charge in [-0.2, -0.15) is 0 Å². The molecule has 134 valence electrons. The molecule has 7 heteroatoms. The molecule has 2 saturated heterocycles. The number of aromatic nitrogens is 1. The second-order valence-electron chi connectivity index (χ2n) is 6.53. The lowest BCUT2D eigenvalue weighted by molar-refractivity contribution is -0.144. The Balaban J connectivity index is 1.32. The third kappa shape index (κ3) is 3.37. The fourth-order valence-corrected chi connectivity index (χ4v) is 3.41. The van der Waals surface area contributed by atoms with E-state index < -0.39 is 0 Å². The maximum atomic E-state index is 12.7. The zero-order valence-electron chi connectivity index (χ0n) is 14.0. The van der Waals surface area contributed by atoms with Crippen LogP contribution in [0.3, 0.4) is 0 Å². The van der Waals surface area contributed by atoms with Crippen LogP contribution in [0.25, 0.3) is 0 Å². The van der Waals surface area contributed by atoms with Crippen molar-refractivity contribution in [3.05, 3.63) is 53.7 Å². The van der Waals surface area contributed by atoms with Crippen molar-refractivity contribution >= 4 is 29.1 Å². The molecular weight excluding hydrogens is 354 g/mol. The quantitative estimate of drug-likeness (QED) is 0.827. The number of likely N-dealkylation sites (tertiary alicyclic amines) is 1. The Kier molecular flexibility index (Phi) is 4.51. The number of hydrogen-bond acceptors (Lipinski definition) is 4. The van der Waals surface area contributed by atoms with Crippen LogP contribution >= 0.6 is 11.6 Å². The molecule has 0 bridgehead atoms. The predicted molar refractivity (Wildman–Crippen MR) is 97.1 cm³/mol. The number of ether oxygens (including phenoxy) is 1. The highest BCUT2D eigenvalue weighted by Gasteiger charge is 2.41. The number of halogens is 1. The lowest BCUT2D eigenvalue weighted by Crippen LogP contribution is -2.57. The number of rotatable bonds is 4.